The molecule has 1 aromatic carbocycles. The highest BCUT2D eigenvalue weighted by Crippen LogP contribution is 2.40. The summed E-state index contributed by atoms with van der Waals surface area (Å²) in [6, 6.07) is 6.23. The first-order valence-corrected chi connectivity index (χ1v) is 11.0. The van der Waals surface area contributed by atoms with Crippen molar-refractivity contribution in [2.75, 3.05) is 26.1 Å². The lowest BCUT2D eigenvalue weighted by molar-refractivity contribution is 0.0947. The van der Waals surface area contributed by atoms with Gasteiger partial charge in [0.15, 0.2) is 17.2 Å². The number of benzene rings is 1. The third-order valence-electron chi connectivity index (χ3n) is 6.03. The number of amides is 1. The summed E-state index contributed by atoms with van der Waals surface area (Å²) in [5.41, 5.74) is 3.56. The van der Waals surface area contributed by atoms with Crippen molar-refractivity contribution in [2.45, 2.75) is 19.4 Å². The van der Waals surface area contributed by atoms with E-state index >= 15 is 0 Å². The third kappa shape index (κ3) is 3.79. The number of hydrogen-bond donors (Lipinski definition) is 4. The van der Waals surface area contributed by atoms with Crippen LogP contribution in [0.5, 0.6) is 5.75 Å². The Hall–Kier alpha value is -4.25. The molecule has 10 nitrogen and oxygen atoms in total. The summed E-state index contributed by atoms with van der Waals surface area (Å²) in [6.45, 7) is 2.20. The molecule has 1 aliphatic heterocycles. The zero-order valence-electron chi connectivity index (χ0n) is 19.3. The predicted molar refractivity (Wildman–Crippen MR) is 128 cm³/mol. The summed E-state index contributed by atoms with van der Waals surface area (Å²) < 4.78 is 25.0. The van der Waals surface area contributed by atoms with Crippen LogP contribution in [0.3, 0.4) is 0 Å². The van der Waals surface area contributed by atoms with Gasteiger partial charge in [-0.05, 0) is 25.1 Å². The Balaban J connectivity index is 1.77. The lowest BCUT2D eigenvalue weighted by Gasteiger charge is -2.17. The average Bonchev–Trinajstić information content (AvgIpc) is 3.22. The fourth-order valence-corrected chi connectivity index (χ4v) is 4.25. The van der Waals surface area contributed by atoms with Crippen molar-refractivity contribution in [3.05, 3.63) is 63.6 Å². The lowest BCUT2D eigenvalue weighted by Crippen LogP contribution is -2.31. The molecule has 0 saturated heterocycles. The Labute approximate surface area is 198 Å². The summed E-state index contributed by atoms with van der Waals surface area (Å²) in [5, 5.41) is 6.04. The number of methoxy groups -OCH3 is 2. The zero-order chi connectivity index (χ0) is 24.7. The first-order chi connectivity index (χ1) is 16.9. The van der Waals surface area contributed by atoms with Crippen molar-refractivity contribution in [1.29, 1.82) is 0 Å². The van der Waals surface area contributed by atoms with E-state index in [0.717, 1.165) is 5.69 Å². The number of carbonyl (C=O) groups excluding carboxylic acids is 1. The molecule has 1 amide bonds. The van der Waals surface area contributed by atoms with Gasteiger partial charge in [0.1, 0.15) is 17.3 Å². The molecular formula is C24H23FN6O4. The van der Waals surface area contributed by atoms with Crippen LogP contribution in [0.15, 0.2) is 35.3 Å². The third-order valence-corrected chi connectivity index (χ3v) is 6.03. The Morgan fingerprint density at radius 3 is 2.77 bits per heavy atom. The number of carbonyl (C=O) groups is 1. The summed E-state index contributed by atoms with van der Waals surface area (Å²) in [6.07, 6.45) is 1.57. The van der Waals surface area contributed by atoms with Gasteiger partial charge in [0.05, 0.1) is 29.7 Å². The Bertz CT molecular complexity index is 1510. The van der Waals surface area contributed by atoms with Crippen LogP contribution in [0, 0.1) is 5.82 Å². The normalized spacial score (nSPS) is 13.9. The molecule has 35 heavy (non-hydrogen) atoms. The van der Waals surface area contributed by atoms with Gasteiger partial charge < -0.3 is 30.1 Å². The minimum Gasteiger partial charge on any atom is -0.492 e. The number of hydrogen-bond acceptors (Lipinski definition) is 7. The second-order valence-corrected chi connectivity index (χ2v) is 8.06. The van der Waals surface area contributed by atoms with E-state index in [4.69, 9.17) is 9.47 Å². The molecule has 0 aliphatic carbocycles. The largest absolute Gasteiger partial charge is 0.492 e. The van der Waals surface area contributed by atoms with Crippen LogP contribution in [0.25, 0.3) is 22.4 Å². The van der Waals surface area contributed by atoms with E-state index in [0.29, 0.717) is 46.7 Å². The van der Waals surface area contributed by atoms with Crippen LogP contribution in [0.2, 0.25) is 0 Å². The van der Waals surface area contributed by atoms with Gasteiger partial charge in [0.25, 0.3) is 11.5 Å². The SMILES string of the molecule is COc1c(F)cccc1Nc1c(-c2ccnc3[nH]c(=O)c([C@H](C)OC)nc23)[nH]c2c1C(=O)NCC2. The maximum atomic E-state index is 14.4. The minimum absolute atomic E-state index is 0.0165. The number of nitrogens with one attached hydrogen (secondary N) is 4. The number of para-hydroxylation sites is 1. The van der Waals surface area contributed by atoms with Crippen molar-refractivity contribution in [2.24, 2.45) is 0 Å². The number of ether oxygens (including phenoxy) is 2. The first-order valence-electron chi connectivity index (χ1n) is 11.0. The molecule has 1 atom stereocenters. The number of halogens is 1. The van der Waals surface area contributed by atoms with Crippen molar-refractivity contribution in [3.8, 4) is 17.0 Å². The molecule has 4 N–H and O–H groups in total. The van der Waals surface area contributed by atoms with E-state index in [2.05, 4.69) is 30.6 Å². The molecule has 4 heterocycles. The summed E-state index contributed by atoms with van der Waals surface area (Å²) >= 11 is 0. The Kier molecular flexibility index (Phi) is 5.69. The van der Waals surface area contributed by atoms with Crippen molar-refractivity contribution in [1.82, 2.24) is 25.3 Å². The molecule has 5 rings (SSSR count). The van der Waals surface area contributed by atoms with Crippen molar-refractivity contribution < 1.29 is 18.7 Å². The van der Waals surface area contributed by atoms with Crippen LogP contribution < -0.4 is 20.9 Å². The van der Waals surface area contributed by atoms with Gasteiger partial charge in [-0.15, -0.1) is 0 Å². The molecule has 0 spiro atoms. The topological polar surface area (TPSA) is 134 Å². The fraction of sp³-hybridized carbons (Fsp3) is 0.250. The number of aromatic nitrogens is 4. The van der Waals surface area contributed by atoms with E-state index in [1.807, 2.05) is 0 Å². The molecule has 0 fully saturated rings. The van der Waals surface area contributed by atoms with E-state index in [1.54, 1.807) is 31.3 Å². The second-order valence-electron chi connectivity index (χ2n) is 8.06. The molecule has 1 aliphatic rings. The van der Waals surface area contributed by atoms with E-state index in [9.17, 15) is 14.0 Å². The molecule has 180 valence electrons. The standard InChI is InChI=1S/C24H23FN6O4/c1-11(34-2)17-24(33)31-22-19(30-17)12(7-9-26-22)18-20(16-14(28-18)8-10-27-23(16)32)29-15-6-4-5-13(25)21(15)35-3/h4-7,9,11,28-29H,8,10H2,1-3H3,(H,27,32)(H,26,31,33)/t11-/m0/s1. The van der Waals surface area contributed by atoms with Crippen LogP contribution in [-0.2, 0) is 11.2 Å². The monoisotopic (exact) mass is 478 g/mol. The fourth-order valence-electron chi connectivity index (χ4n) is 4.25. The number of pyridine rings is 1. The number of fused-ring (bicyclic) bond motifs is 2. The van der Waals surface area contributed by atoms with Crippen LogP contribution in [0.4, 0.5) is 15.8 Å². The molecule has 11 heteroatoms. The average molecular weight is 478 g/mol. The number of aromatic amines is 2. The molecule has 0 radical (unpaired) electrons. The maximum Gasteiger partial charge on any atom is 0.274 e. The van der Waals surface area contributed by atoms with Crippen LogP contribution >= 0.6 is 0 Å². The molecule has 0 saturated carbocycles. The Morgan fingerprint density at radius 1 is 1.17 bits per heavy atom. The number of nitrogens with zero attached hydrogens (tertiary/aromatic N) is 2. The number of rotatable bonds is 6. The second kappa shape index (κ2) is 8.84. The smallest absolute Gasteiger partial charge is 0.274 e. The van der Waals surface area contributed by atoms with Crippen molar-refractivity contribution >= 4 is 28.4 Å². The van der Waals surface area contributed by atoms with Crippen molar-refractivity contribution in [3.63, 3.8) is 0 Å². The predicted octanol–water partition coefficient (Wildman–Crippen LogP) is 3.20. The van der Waals surface area contributed by atoms with Gasteiger partial charge in [-0.1, -0.05) is 6.07 Å². The highest BCUT2D eigenvalue weighted by atomic mass is 19.1. The number of anilines is 2. The van der Waals surface area contributed by atoms with Gasteiger partial charge in [-0.25, -0.2) is 14.4 Å². The van der Waals surface area contributed by atoms with Gasteiger partial charge in [0.2, 0.25) is 0 Å². The molecule has 4 aromatic rings. The van der Waals surface area contributed by atoms with Gasteiger partial charge in [0, 0.05) is 37.5 Å². The Morgan fingerprint density at radius 2 is 2.00 bits per heavy atom. The summed E-state index contributed by atoms with van der Waals surface area (Å²) in [4.78, 5) is 40.4. The molecule has 0 unspecified atom stereocenters. The minimum atomic E-state index is -0.548. The highest BCUT2D eigenvalue weighted by molar-refractivity contribution is 6.08. The molecule has 0 bridgehead atoms. The van der Waals surface area contributed by atoms with E-state index < -0.39 is 17.5 Å². The first kappa shape index (κ1) is 22.5. The summed E-state index contributed by atoms with van der Waals surface area (Å²) in [7, 11) is 2.87. The van der Waals surface area contributed by atoms with Gasteiger partial charge in [-0.3, -0.25) is 9.59 Å². The van der Waals surface area contributed by atoms with Gasteiger partial charge >= 0.3 is 0 Å². The lowest BCUT2D eigenvalue weighted by atomic mass is 10.0. The van der Waals surface area contributed by atoms with Gasteiger partial charge in [-0.2, -0.15) is 0 Å². The maximum absolute atomic E-state index is 14.4. The highest BCUT2D eigenvalue weighted by Gasteiger charge is 2.29. The van der Waals surface area contributed by atoms with E-state index in [1.165, 1.54) is 20.3 Å². The molecule has 3 aromatic heterocycles. The number of H-pyrrole nitrogens is 2. The van der Waals surface area contributed by atoms with Crippen LogP contribution in [0.1, 0.15) is 34.8 Å². The summed E-state index contributed by atoms with van der Waals surface area (Å²) in [5.74, 6) is -0.789. The molecular weight excluding hydrogens is 455 g/mol. The quantitative estimate of drug-likeness (QED) is 0.334. The van der Waals surface area contributed by atoms with Crippen LogP contribution in [-0.4, -0.2) is 46.6 Å². The van der Waals surface area contributed by atoms with E-state index in [-0.39, 0.29) is 23.0 Å². The zero-order valence-corrected chi connectivity index (χ0v) is 19.3.